The summed E-state index contributed by atoms with van der Waals surface area (Å²) in [4.78, 5) is 29.5. The first-order valence-corrected chi connectivity index (χ1v) is 12.9. The summed E-state index contributed by atoms with van der Waals surface area (Å²) < 4.78 is 15.4. The van der Waals surface area contributed by atoms with Gasteiger partial charge in [0.2, 0.25) is 5.91 Å². The SMILES string of the molecule is O=C(NCCc1ccccc1)[C@@H]1c2ccccc2C(=O)N(C2CCCC2)[C@H]1C1CC=C(Cl)C=C1F. The van der Waals surface area contributed by atoms with Crippen LogP contribution in [0.3, 0.4) is 0 Å². The third-order valence-corrected chi connectivity index (χ3v) is 7.85. The predicted octanol–water partition coefficient (Wildman–Crippen LogP) is 5.89. The molecule has 3 aliphatic rings. The zero-order valence-electron chi connectivity index (χ0n) is 19.6. The van der Waals surface area contributed by atoms with E-state index in [9.17, 15) is 9.59 Å². The van der Waals surface area contributed by atoms with Crippen molar-refractivity contribution in [1.29, 1.82) is 0 Å². The highest BCUT2D eigenvalue weighted by molar-refractivity contribution is 6.31. The Morgan fingerprint density at radius 2 is 1.77 bits per heavy atom. The molecule has 4 nitrogen and oxygen atoms in total. The van der Waals surface area contributed by atoms with Crippen LogP contribution in [0.5, 0.6) is 0 Å². The molecule has 3 atom stereocenters. The van der Waals surface area contributed by atoms with Gasteiger partial charge in [-0.1, -0.05) is 79.0 Å². The Morgan fingerprint density at radius 1 is 1.06 bits per heavy atom. The molecule has 0 bridgehead atoms. The van der Waals surface area contributed by atoms with Gasteiger partial charge in [0.05, 0.1) is 12.0 Å². The lowest BCUT2D eigenvalue weighted by Crippen LogP contribution is -2.58. The van der Waals surface area contributed by atoms with Crippen molar-refractivity contribution in [3.63, 3.8) is 0 Å². The average Bonchev–Trinajstić information content (AvgIpc) is 3.39. The highest BCUT2D eigenvalue weighted by Crippen LogP contribution is 2.45. The van der Waals surface area contributed by atoms with E-state index in [1.807, 2.05) is 53.4 Å². The molecule has 35 heavy (non-hydrogen) atoms. The molecule has 0 spiro atoms. The van der Waals surface area contributed by atoms with Gasteiger partial charge in [0, 0.05) is 29.1 Å². The lowest BCUT2D eigenvalue weighted by atomic mass is 9.73. The number of hydrogen-bond acceptors (Lipinski definition) is 2. The van der Waals surface area contributed by atoms with E-state index in [2.05, 4.69) is 5.32 Å². The van der Waals surface area contributed by atoms with Crippen molar-refractivity contribution in [1.82, 2.24) is 10.2 Å². The van der Waals surface area contributed by atoms with Gasteiger partial charge in [0.15, 0.2) is 0 Å². The molecule has 1 aliphatic heterocycles. The molecule has 1 heterocycles. The molecule has 0 radical (unpaired) electrons. The molecule has 1 N–H and O–H groups in total. The van der Waals surface area contributed by atoms with Gasteiger partial charge < -0.3 is 10.2 Å². The standard InChI is InChI=1S/C29H30ClFN2O2/c30-20-14-15-24(25(31)18-20)27-26(28(34)32-17-16-19-8-2-1-3-9-19)22-12-6-7-13-23(22)29(35)33(27)21-10-4-5-11-21/h1-3,6-9,12-14,18,21,24,26-27H,4-5,10-11,15-17H2,(H,32,34)/t24?,26-,27+/m1/s1. The third-order valence-electron chi connectivity index (χ3n) is 7.59. The maximum absolute atomic E-state index is 15.4. The third kappa shape index (κ3) is 4.79. The van der Waals surface area contributed by atoms with Crippen molar-refractivity contribution < 1.29 is 14.0 Å². The van der Waals surface area contributed by atoms with E-state index in [4.69, 9.17) is 11.6 Å². The first-order chi connectivity index (χ1) is 17.0. The highest BCUT2D eigenvalue weighted by atomic mass is 35.5. The number of fused-ring (bicyclic) bond motifs is 1. The van der Waals surface area contributed by atoms with Gasteiger partial charge in [0.1, 0.15) is 5.83 Å². The van der Waals surface area contributed by atoms with E-state index in [1.54, 1.807) is 12.1 Å². The highest BCUT2D eigenvalue weighted by Gasteiger charge is 2.50. The Labute approximate surface area is 210 Å². The van der Waals surface area contributed by atoms with Crippen LogP contribution in [0, 0.1) is 5.92 Å². The van der Waals surface area contributed by atoms with Gasteiger partial charge in [-0.3, -0.25) is 9.59 Å². The number of nitrogens with one attached hydrogen (secondary N) is 1. The maximum atomic E-state index is 15.4. The van der Waals surface area contributed by atoms with Crippen LogP contribution in [-0.4, -0.2) is 35.3 Å². The summed E-state index contributed by atoms with van der Waals surface area (Å²) in [5.74, 6) is -1.89. The van der Waals surface area contributed by atoms with Crippen LogP contribution in [0.4, 0.5) is 4.39 Å². The molecule has 182 valence electrons. The molecule has 2 aromatic rings. The van der Waals surface area contributed by atoms with Crippen LogP contribution in [0.2, 0.25) is 0 Å². The Morgan fingerprint density at radius 3 is 2.51 bits per heavy atom. The number of rotatable bonds is 6. The van der Waals surface area contributed by atoms with Gasteiger partial charge in [-0.2, -0.15) is 0 Å². The van der Waals surface area contributed by atoms with Gasteiger partial charge in [-0.25, -0.2) is 4.39 Å². The predicted molar refractivity (Wildman–Crippen MR) is 136 cm³/mol. The van der Waals surface area contributed by atoms with Crippen LogP contribution < -0.4 is 5.32 Å². The lowest BCUT2D eigenvalue weighted by Gasteiger charge is -2.47. The molecular weight excluding hydrogens is 463 g/mol. The number of amides is 2. The number of allylic oxidation sites excluding steroid dienone is 3. The van der Waals surface area contributed by atoms with Gasteiger partial charge in [0.25, 0.3) is 5.91 Å². The topological polar surface area (TPSA) is 49.4 Å². The smallest absolute Gasteiger partial charge is 0.254 e. The molecule has 2 aliphatic carbocycles. The zero-order valence-corrected chi connectivity index (χ0v) is 20.4. The van der Waals surface area contributed by atoms with Gasteiger partial charge >= 0.3 is 0 Å². The van der Waals surface area contributed by atoms with Crippen molar-refractivity contribution in [3.05, 3.63) is 94.3 Å². The van der Waals surface area contributed by atoms with Crippen molar-refractivity contribution >= 4 is 23.4 Å². The molecule has 0 aromatic heterocycles. The van der Waals surface area contributed by atoms with Crippen LogP contribution in [0.25, 0.3) is 0 Å². The van der Waals surface area contributed by atoms with Crippen molar-refractivity contribution in [3.8, 4) is 0 Å². The fraction of sp³-hybridized carbons (Fsp3) is 0.379. The summed E-state index contributed by atoms with van der Waals surface area (Å²) in [5, 5.41) is 3.46. The summed E-state index contributed by atoms with van der Waals surface area (Å²) in [6.45, 7) is 0.473. The van der Waals surface area contributed by atoms with Crippen LogP contribution in [0.1, 0.15) is 59.5 Å². The molecule has 1 saturated carbocycles. The number of benzene rings is 2. The van der Waals surface area contributed by atoms with E-state index in [0.29, 0.717) is 35.5 Å². The summed E-state index contributed by atoms with van der Waals surface area (Å²) >= 11 is 6.10. The Kier molecular flexibility index (Phi) is 7.05. The number of carbonyl (C=O) groups excluding carboxylic acids is 2. The van der Waals surface area contributed by atoms with Gasteiger partial charge in [-0.05, 0) is 49.0 Å². The number of nitrogens with zero attached hydrogens (tertiary/aromatic N) is 1. The maximum Gasteiger partial charge on any atom is 0.254 e. The molecule has 2 amide bonds. The number of hydrogen-bond donors (Lipinski definition) is 1. The monoisotopic (exact) mass is 492 g/mol. The van der Waals surface area contributed by atoms with E-state index < -0.39 is 17.9 Å². The van der Waals surface area contributed by atoms with Crippen molar-refractivity contribution in [2.45, 2.75) is 56.5 Å². The zero-order chi connectivity index (χ0) is 24.4. The second kappa shape index (κ2) is 10.4. The molecule has 1 fully saturated rings. The van der Waals surface area contributed by atoms with Crippen LogP contribution >= 0.6 is 11.6 Å². The molecule has 6 heteroatoms. The minimum atomic E-state index is -0.658. The number of halogens is 2. The Hall–Kier alpha value is -2.92. The fourth-order valence-corrected chi connectivity index (χ4v) is 6.13. The average molecular weight is 493 g/mol. The van der Waals surface area contributed by atoms with E-state index in [1.165, 1.54) is 6.08 Å². The van der Waals surface area contributed by atoms with Crippen LogP contribution in [0.15, 0.2) is 77.6 Å². The van der Waals surface area contributed by atoms with Crippen molar-refractivity contribution in [2.24, 2.45) is 5.92 Å². The molecule has 1 unspecified atom stereocenters. The van der Waals surface area contributed by atoms with Gasteiger partial charge in [-0.15, -0.1) is 0 Å². The van der Waals surface area contributed by atoms with E-state index in [0.717, 1.165) is 31.2 Å². The minimum absolute atomic E-state index is 0.00894. The molecular formula is C29H30ClFN2O2. The Balaban J connectivity index is 1.51. The minimum Gasteiger partial charge on any atom is -0.355 e. The number of carbonyl (C=O) groups is 2. The van der Waals surface area contributed by atoms with E-state index >= 15 is 4.39 Å². The summed E-state index contributed by atoms with van der Waals surface area (Å²) in [6.07, 6.45) is 8.00. The lowest BCUT2D eigenvalue weighted by molar-refractivity contribution is -0.124. The summed E-state index contributed by atoms with van der Waals surface area (Å²) in [6, 6.07) is 16.7. The van der Waals surface area contributed by atoms with Crippen LogP contribution in [-0.2, 0) is 11.2 Å². The Bertz CT molecular complexity index is 1160. The summed E-state index contributed by atoms with van der Waals surface area (Å²) in [5.41, 5.74) is 2.37. The quantitative estimate of drug-likeness (QED) is 0.546. The van der Waals surface area contributed by atoms with E-state index in [-0.39, 0.29) is 23.7 Å². The largest absolute Gasteiger partial charge is 0.355 e. The first kappa shape index (κ1) is 23.8. The second-order valence-corrected chi connectivity index (χ2v) is 10.1. The summed E-state index contributed by atoms with van der Waals surface area (Å²) in [7, 11) is 0. The second-order valence-electron chi connectivity index (χ2n) is 9.69. The molecule has 5 rings (SSSR count). The molecule has 2 aromatic carbocycles. The first-order valence-electron chi connectivity index (χ1n) is 12.5. The fourth-order valence-electron chi connectivity index (χ4n) is 5.93. The van der Waals surface area contributed by atoms with Crippen molar-refractivity contribution in [2.75, 3.05) is 6.54 Å². The molecule has 0 saturated heterocycles. The normalized spacial score (nSPS) is 24.6.